The molecule has 13 heavy (non-hydrogen) atoms. The van der Waals surface area contributed by atoms with Crippen molar-refractivity contribution in [3.8, 4) is 0 Å². The monoisotopic (exact) mass is 362 g/mol. The number of alkyl halides is 3. The van der Waals surface area contributed by atoms with Crippen LogP contribution in [0.25, 0.3) is 0 Å². The summed E-state index contributed by atoms with van der Waals surface area (Å²) in [6, 6.07) is 0. The van der Waals surface area contributed by atoms with Crippen LogP contribution in [0, 0.1) is 3.57 Å². The summed E-state index contributed by atoms with van der Waals surface area (Å²) in [6.07, 6.45) is -1.29. The maximum atomic E-state index is 12.4. The molecule has 1 aromatic rings. The number of nitrogen functional groups attached to an aromatic ring is 1. The van der Waals surface area contributed by atoms with Gasteiger partial charge in [-0.05, 0) is 22.6 Å². The molecular formula is C7H6BrF2IN2. The first kappa shape index (κ1) is 11.1. The molecule has 0 saturated heterocycles. The molecule has 0 radical (unpaired) electrons. The lowest BCUT2D eigenvalue weighted by Gasteiger charge is -2.08. The third-order valence-electron chi connectivity index (χ3n) is 1.52. The van der Waals surface area contributed by atoms with Crippen molar-refractivity contribution in [2.24, 2.45) is 0 Å². The zero-order valence-electron chi connectivity index (χ0n) is 6.40. The van der Waals surface area contributed by atoms with Crippen molar-refractivity contribution in [3.63, 3.8) is 0 Å². The quantitative estimate of drug-likeness (QED) is 0.648. The van der Waals surface area contributed by atoms with Gasteiger partial charge in [0, 0.05) is 14.5 Å². The molecule has 0 aromatic carbocycles. The first-order chi connectivity index (χ1) is 6.07. The van der Waals surface area contributed by atoms with Crippen molar-refractivity contribution in [2.75, 3.05) is 5.73 Å². The number of aromatic nitrogens is 1. The number of rotatable bonds is 2. The fraction of sp³-hybridized carbons (Fsp3) is 0.286. The molecule has 0 spiro atoms. The molecule has 2 N–H and O–H groups in total. The highest BCUT2D eigenvalue weighted by Gasteiger charge is 2.17. The fourth-order valence-electron chi connectivity index (χ4n) is 0.843. The Balaban J connectivity index is 3.27. The molecule has 0 saturated carbocycles. The van der Waals surface area contributed by atoms with Crippen LogP contribution < -0.4 is 5.73 Å². The number of anilines is 1. The van der Waals surface area contributed by atoms with E-state index in [1.54, 1.807) is 0 Å². The van der Waals surface area contributed by atoms with Crippen LogP contribution in [0.1, 0.15) is 17.7 Å². The van der Waals surface area contributed by atoms with E-state index < -0.39 is 6.43 Å². The number of nitrogens with two attached hydrogens (primary N) is 1. The standard InChI is InChI=1S/C7H6BrF2IN2/c8-1-3-4(12)2-13-6(5(3)11)7(9)10/h2,7H,1,12H2. The van der Waals surface area contributed by atoms with Gasteiger partial charge in [-0.25, -0.2) is 8.78 Å². The molecule has 1 rings (SSSR count). The Hall–Kier alpha value is 0.0200. The average Bonchev–Trinajstić information content (AvgIpc) is 2.04. The van der Waals surface area contributed by atoms with Gasteiger partial charge in [-0.3, -0.25) is 4.98 Å². The highest BCUT2D eigenvalue weighted by atomic mass is 127. The molecule has 0 atom stereocenters. The second kappa shape index (κ2) is 4.50. The van der Waals surface area contributed by atoms with Crippen LogP contribution in [0.5, 0.6) is 0 Å². The lowest BCUT2D eigenvalue weighted by molar-refractivity contribution is 0.145. The number of nitrogens with zero attached hydrogens (tertiary/aromatic N) is 1. The predicted molar refractivity (Wildman–Crippen MR) is 59.0 cm³/mol. The minimum atomic E-state index is -2.55. The Bertz CT molecular complexity index is 320. The maximum absolute atomic E-state index is 12.4. The lowest BCUT2D eigenvalue weighted by Crippen LogP contribution is -2.02. The molecule has 1 heterocycles. The van der Waals surface area contributed by atoms with Gasteiger partial charge in [-0.2, -0.15) is 0 Å². The summed E-state index contributed by atoms with van der Waals surface area (Å²) < 4.78 is 25.1. The van der Waals surface area contributed by atoms with E-state index in [9.17, 15) is 8.78 Å². The Morgan fingerprint density at radius 1 is 1.62 bits per heavy atom. The Kier molecular flexibility index (Phi) is 3.84. The third kappa shape index (κ3) is 2.28. The average molecular weight is 363 g/mol. The van der Waals surface area contributed by atoms with Crippen molar-refractivity contribution in [1.82, 2.24) is 4.98 Å². The molecule has 6 heteroatoms. The molecule has 72 valence electrons. The van der Waals surface area contributed by atoms with Crippen molar-refractivity contribution in [3.05, 3.63) is 21.0 Å². The largest absolute Gasteiger partial charge is 0.397 e. The number of halogens is 4. The van der Waals surface area contributed by atoms with E-state index in [1.807, 2.05) is 22.6 Å². The van der Waals surface area contributed by atoms with Gasteiger partial charge in [0.05, 0.1) is 11.9 Å². The fourth-order valence-corrected chi connectivity index (χ4v) is 2.85. The Morgan fingerprint density at radius 3 is 2.69 bits per heavy atom. The normalized spacial score (nSPS) is 10.8. The molecule has 1 aromatic heterocycles. The summed E-state index contributed by atoms with van der Waals surface area (Å²) in [7, 11) is 0. The van der Waals surface area contributed by atoms with Crippen molar-refractivity contribution in [2.45, 2.75) is 11.8 Å². The first-order valence-electron chi connectivity index (χ1n) is 3.34. The highest BCUT2D eigenvalue weighted by Crippen LogP contribution is 2.29. The van der Waals surface area contributed by atoms with E-state index >= 15 is 0 Å². The molecule has 0 aliphatic heterocycles. The summed E-state index contributed by atoms with van der Waals surface area (Å²) in [5, 5.41) is 0.458. The lowest BCUT2D eigenvalue weighted by atomic mass is 10.2. The van der Waals surface area contributed by atoms with Crippen LogP contribution in [0.15, 0.2) is 6.20 Å². The van der Waals surface area contributed by atoms with Gasteiger partial charge in [0.2, 0.25) is 0 Å². The van der Waals surface area contributed by atoms with E-state index in [0.29, 0.717) is 20.2 Å². The van der Waals surface area contributed by atoms with Crippen LogP contribution in [0.4, 0.5) is 14.5 Å². The molecular weight excluding hydrogens is 357 g/mol. The smallest absolute Gasteiger partial charge is 0.281 e. The molecule has 0 aliphatic rings. The van der Waals surface area contributed by atoms with Gasteiger partial charge in [0.25, 0.3) is 6.43 Å². The van der Waals surface area contributed by atoms with Crippen LogP contribution >= 0.6 is 38.5 Å². The second-order valence-corrected chi connectivity index (χ2v) is 3.97. The molecule has 0 aliphatic carbocycles. The number of hydrogen-bond donors (Lipinski definition) is 1. The molecule has 0 amide bonds. The van der Waals surface area contributed by atoms with E-state index in [0.717, 1.165) is 0 Å². The van der Waals surface area contributed by atoms with Gasteiger partial charge in [-0.15, -0.1) is 0 Å². The van der Waals surface area contributed by atoms with Gasteiger partial charge in [0.15, 0.2) is 0 Å². The zero-order chi connectivity index (χ0) is 10.0. The minimum absolute atomic E-state index is 0.204. The van der Waals surface area contributed by atoms with E-state index in [-0.39, 0.29) is 5.69 Å². The predicted octanol–water partition coefficient (Wildman–Crippen LogP) is 3.10. The van der Waals surface area contributed by atoms with E-state index in [4.69, 9.17) is 5.73 Å². The van der Waals surface area contributed by atoms with Crippen LogP contribution in [0.2, 0.25) is 0 Å². The van der Waals surface area contributed by atoms with E-state index in [1.165, 1.54) is 6.20 Å². The van der Waals surface area contributed by atoms with Gasteiger partial charge in [-0.1, -0.05) is 15.9 Å². The molecule has 0 unspecified atom stereocenters. The van der Waals surface area contributed by atoms with Gasteiger partial charge >= 0.3 is 0 Å². The van der Waals surface area contributed by atoms with Crippen molar-refractivity contribution >= 4 is 44.2 Å². The summed E-state index contributed by atoms with van der Waals surface area (Å²) in [4.78, 5) is 3.58. The molecule has 2 nitrogen and oxygen atoms in total. The Morgan fingerprint density at radius 2 is 2.23 bits per heavy atom. The highest BCUT2D eigenvalue weighted by molar-refractivity contribution is 14.1. The van der Waals surface area contributed by atoms with Crippen LogP contribution in [-0.4, -0.2) is 4.98 Å². The third-order valence-corrected chi connectivity index (χ3v) is 3.29. The Labute approximate surface area is 96.2 Å². The number of hydrogen-bond acceptors (Lipinski definition) is 2. The zero-order valence-corrected chi connectivity index (χ0v) is 10.1. The second-order valence-electron chi connectivity index (χ2n) is 2.33. The van der Waals surface area contributed by atoms with Crippen LogP contribution in [0.3, 0.4) is 0 Å². The first-order valence-corrected chi connectivity index (χ1v) is 5.54. The molecule has 0 fully saturated rings. The summed E-state index contributed by atoms with van der Waals surface area (Å²) in [5.41, 5.74) is 6.46. The van der Waals surface area contributed by atoms with Gasteiger partial charge < -0.3 is 5.73 Å². The SMILES string of the molecule is Nc1cnc(C(F)F)c(I)c1CBr. The maximum Gasteiger partial charge on any atom is 0.281 e. The van der Waals surface area contributed by atoms with Crippen molar-refractivity contribution in [1.29, 1.82) is 0 Å². The number of pyridine rings is 1. The minimum Gasteiger partial charge on any atom is -0.397 e. The molecule has 0 bridgehead atoms. The van der Waals surface area contributed by atoms with E-state index in [2.05, 4.69) is 20.9 Å². The van der Waals surface area contributed by atoms with Crippen LogP contribution in [-0.2, 0) is 5.33 Å². The summed E-state index contributed by atoms with van der Waals surface area (Å²) in [6.45, 7) is 0. The summed E-state index contributed by atoms with van der Waals surface area (Å²) in [5.74, 6) is 0. The van der Waals surface area contributed by atoms with Crippen molar-refractivity contribution < 1.29 is 8.78 Å². The van der Waals surface area contributed by atoms with Gasteiger partial charge in [0.1, 0.15) is 5.69 Å². The summed E-state index contributed by atoms with van der Waals surface area (Å²) >= 11 is 5.01. The topological polar surface area (TPSA) is 38.9 Å².